The molecule has 1 atom stereocenters. The van der Waals surface area contributed by atoms with E-state index in [-0.39, 0.29) is 23.2 Å². The molecule has 1 amide bonds. The first-order valence-corrected chi connectivity index (χ1v) is 10.5. The van der Waals surface area contributed by atoms with Gasteiger partial charge in [-0.3, -0.25) is 4.79 Å². The topological polar surface area (TPSA) is 78.8 Å². The van der Waals surface area contributed by atoms with E-state index in [1.807, 2.05) is 6.92 Å². The molecule has 6 nitrogen and oxygen atoms in total. The summed E-state index contributed by atoms with van der Waals surface area (Å²) in [6, 6.07) is 12.5. The maximum absolute atomic E-state index is 13.1. The zero-order valence-electron chi connectivity index (χ0n) is 15.5. The summed E-state index contributed by atoms with van der Waals surface area (Å²) >= 11 is 0. The predicted octanol–water partition coefficient (Wildman–Crippen LogP) is 2.69. The number of rotatable bonds is 5. The molecule has 2 aromatic rings. The highest BCUT2D eigenvalue weighted by atomic mass is 32.2. The van der Waals surface area contributed by atoms with Crippen LogP contribution in [0.2, 0.25) is 0 Å². The average molecular weight is 403 g/mol. The Hall–Kier alpha value is -2.58. The highest BCUT2D eigenvalue weighted by molar-refractivity contribution is 7.89. The lowest BCUT2D eigenvalue weighted by molar-refractivity contribution is -0.126. The summed E-state index contributed by atoms with van der Waals surface area (Å²) in [7, 11) is -3.64. The van der Waals surface area contributed by atoms with Crippen molar-refractivity contribution in [2.24, 2.45) is 11.0 Å². The summed E-state index contributed by atoms with van der Waals surface area (Å²) in [6.07, 6.45) is 2.53. The predicted molar refractivity (Wildman–Crippen MR) is 105 cm³/mol. The van der Waals surface area contributed by atoms with Gasteiger partial charge in [-0.25, -0.2) is 18.2 Å². The van der Waals surface area contributed by atoms with Crippen LogP contribution in [0.25, 0.3) is 0 Å². The van der Waals surface area contributed by atoms with E-state index in [0.29, 0.717) is 24.9 Å². The van der Waals surface area contributed by atoms with Crippen LogP contribution >= 0.6 is 0 Å². The third kappa shape index (κ3) is 4.82. The first-order chi connectivity index (χ1) is 13.4. The van der Waals surface area contributed by atoms with Gasteiger partial charge in [-0.1, -0.05) is 29.8 Å². The first kappa shape index (κ1) is 20.2. The van der Waals surface area contributed by atoms with Crippen molar-refractivity contribution in [1.82, 2.24) is 9.73 Å². The molecule has 1 saturated heterocycles. The molecule has 0 radical (unpaired) electrons. The summed E-state index contributed by atoms with van der Waals surface area (Å²) in [5.74, 6) is -1.23. The van der Waals surface area contributed by atoms with Gasteiger partial charge in [-0.05, 0) is 49.6 Å². The van der Waals surface area contributed by atoms with E-state index >= 15 is 0 Å². The largest absolute Gasteiger partial charge is 0.273 e. The summed E-state index contributed by atoms with van der Waals surface area (Å²) < 4.78 is 40.2. The van der Waals surface area contributed by atoms with E-state index in [4.69, 9.17) is 0 Å². The third-order valence-corrected chi connectivity index (χ3v) is 6.53. The molecule has 0 bridgehead atoms. The smallest absolute Gasteiger partial charge is 0.244 e. The Morgan fingerprint density at radius 2 is 2.00 bits per heavy atom. The van der Waals surface area contributed by atoms with Crippen LogP contribution in [0.15, 0.2) is 58.5 Å². The second-order valence-electron chi connectivity index (χ2n) is 6.80. The molecule has 1 aliphatic heterocycles. The fourth-order valence-electron chi connectivity index (χ4n) is 3.08. The van der Waals surface area contributed by atoms with Gasteiger partial charge in [-0.2, -0.15) is 9.41 Å². The van der Waals surface area contributed by atoms with Gasteiger partial charge >= 0.3 is 0 Å². The number of hydrazone groups is 1. The number of aryl methyl sites for hydroxylation is 1. The minimum absolute atomic E-state index is 0.109. The number of sulfonamides is 1. The molecule has 1 aliphatic rings. The van der Waals surface area contributed by atoms with Crippen LogP contribution in [0.5, 0.6) is 0 Å². The highest BCUT2D eigenvalue weighted by Gasteiger charge is 2.33. The number of carbonyl (C=O) groups excluding carboxylic acids is 1. The number of carbonyl (C=O) groups is 1. The summed E-state index contributed by atoms with van der Waals surface area (Å²) in [5.41, 5.74) is 3.92. The van der Waals surface area contributed by atoms with Crippen LogP contribution in [-0.2, 0) is 14.8 Å². The third-order valence-electron chi connectivity index (χ3n) is 4.65. The number of nitrogens with one attached hydrogen (secondary N) is 1. The van der Waals surface area contributed by atoms with Crippen molar-refractivity contribution >= 4 is 22.1 Å². The Morgan fingerprint density at radius 1 is 1.25 bits per heavy atom. The fraction of sp³-hybridized carbons (Fsp3) is 0.300. The van der Waals surface area contributed by atoms with Crippen molar-refractivity contribution in [2.45, 2.75) is 24.7 Å². The van der Waals surface area contributed by atoms with Crippen LogP contribution in [-0.4, -0.2) is 37.9 Å². The van der Waals surface area contributed by atoms with Crippen molar-refractivity contribution in [2.75, 3.05) is 13.1 Å². The van der Waals surface area contributed by atoms with Gasteiger partial charge in [0.2, 0.25) is 15.9 Å². The Labute approximate surface area is 164 Å². The van der Waals surface area contributed by atoms with Crippen LogP contribution in [0.4, 0.5) is 4.39 Å². The number of hydrogen-bond donors (Lipinski definition) is 1. The molecule has 0 spiro atoms. The lowest BCUT2D eigenvalue weighted by Gasteiger charge is -2.30. The van der Waals surface area contributed by atoms with Crippen molar-refractivity contribution < 1.29 is 17.6 Å². The van der Waals surface area contributed by atoms with Gasteiger partial charge in [0.15, 0.2) is 0 Å². The van der Waals surface area contributed by atoms with Crippen LogP contribution in [0.3, 0.4) is 0 Å². The monoisotopic (exact) mass is 403 g/mol. The minimum atomic E-state index is -3.64. The Kier molecular flexibility index (Phi) is 6.21. The molecule has 0 aromatic heterocycles. The van der Waals surface area contributed by atoms with Crippen LogP contribution in [0, 0.1) is 18.7 Å². The molecule has 1 N–H and O–H groups in total. The van der Waals surface area contributed by atoms with Crippen molar-refractivity contribution in [3.8, 4) is 0 Å². The van der Waals surface area contributed by atoms with E-state index in [1.54, 1.807) is 36.4 Å². The van der Waals surface area contributed by atoms with Crippen LogP contribution < -0.4 is 5.43 Å². The van der Waals surface area contributed by atoms with Gasteiger partial charge in [0, 0.05) is 13.1 Å². The van der Waals surface area contributed by atoms with Gasteiger partial charge in [-0.15, -0.1) is 0 Å². The van der Waals surface area contributed by atoms with E-state index in [9.17, 15) is 17.6 Å². The SMILES string of the molecule is Cc1ccc(S(=O)(=O)N2CCC[C@H](C(=O)N/N=C\c3cccc(F)c3)C2)cc1. The molecule has 3 rings (SSSR count). The van der Waals surface area contributed by atoms with Crippen molar-refractivity contribution in [3.05, 3.63) is 65.5 Å². The molecular weight excluding hydrogens is 381 g/mol. The van der Waals surface area contributed by atoms with Crippen LogP contribution in [0.1, 0.15) is 24.0 Å². The maximum Gasteiger partial charge on any atom is 0.244 e. The second-order valence-corrected chi connectivity index (χ2v) is 8.74. The molecule has 0 aliphatic carbocycles. The molecule has 1 heterocycles. The van der Waals surface area contributed by atoms with E-state index < -0.39 is 15.9 Å². The Balaban J connectivity index is 1.64. The maximum atomic E-state index is 13.1. The lowest BCUT2D eigenvalue weighted by atomic mass is 9.99. The zero-order valence-corrected chi connectivity index (χ0v) is 16.3. The number of hydrogen-bond acceptors (Lipinski definition) is 4. The summed E-state index contributed by atoms with van der Waals surface area (Å²) in [5, 5.41) is 3.85. The van der Waals surface area contributed by atoms with E-state index in [2.05, 4.69) is 10.5 Å². The molecule has 0 unspecified atom stereocenters. The number of amides is 1. The van der Waals surface area contributed by atoms with E-state index in [0.717, 1.165) is 5.56 Å². The molecular formula is C20H22FN3O3S. The van der Waals surface area contributed by atoms with E-state index in [1.165, 1.54) is 22.7 Å². The number of halogens is 1. The highest BCUT2D eigenvalue weighted by Crippen LogP contribution is 2.24. The van der Waals surface area contributed by atoms with Crippen molar-refractivity contribution in [1.29, 1.82) is 0 Å². The molecule has 1 fully saturated rings. The summed E-state index contributed by atoms with van der Waals surface area (Å²) in [4.78, 5) is 12.6. The Morgan fingerprint density at radius 3 is 2.71 bits per heavy atom. The van der Waals surface area contributed by atoms with Gasteiger partial charge < -0.3 is 0 Å². The molecule has 28 heavy (non-hydrogen) atoms. The Bertz CT molecular complexity index is 974. The molecule has 2 aromatic carbocycles. The average Bonchev–Trinajstić information content (AvgIpc) is 2.68. The van der Waals surface area contributed by atoms with Gasteiger partial charge in [0.05, 0.1) is 17.0 Å². The fourth-order valence-corrected chi connectivity index (χ4v) is 4.61. The quantitative estimate of drug-likeness (QED) is 0.616. The molecule has 0 saturated carbocycles. The standard InChI is InChI=1S/C20H22FN3O3S/c1-15-7-9-19(10-8-15)28(26,27)24-11-3-5-17(14-24)20(25)23-22-13-16-4-2-6-18(21)12-16/h2,4,6-10,12-13,17H,3,5,11,14H2,1H3,(H,23,25)/b22-13-/t17-/m0/s1. The number of piperidine rings is 1. The second kappa shape index (κ2) is 8.62. The molecule has 148 valence electrons. The van der Waals surface area contributed by atoms with Crippen molar-refractivity contribution in [3.63, 3.8) is 0 Å². The van der Waals surface area contributed by atoms with Gasteiger partial charge in [0.25, 0.3) is 0 Å². The number of nitrogens with zero attached hydrogens (tertiary/aromatic N) is 2. The zero-order chi connectivity index (χ0) is 20.1. The normalized spacial score (nSPS) is 18.3. The minimum Gasteiger partial charge on any atom is -0.273 e. The van der Waals surface area contributed by atoms with Gasteiger partial charge in [0.1, 0.15) is 5.82 Å². The first-order valence-electron chi connectivity index (χ1n) is 9.01. The molecule has 8 heteroatoms. The number of benzene rings is 2. The lowest BCUT2D eigenvalue weighted by Crippen LogP contribution is -2.44. The summed E-state index contributed by atoms with van der Waals surface area (Å²) in [6.45, 7) is 2.38.